The number of rotatable bonds is 2. The molecule has 0 bridgehead atoms. The summed E-state index contributed by atoms with van der Waals surface area (Å²) in [6.07, 6.45) is 0. The Bertz CT molecular complexity index is 866. The van der Waals surface area contributed by atoms with Crippen LogP contribution in [0.1, 0.15) is 0 Å². The van der Waals surface area contributed by atoms with Crippen molar-refractivity contribution in [3.63, 3.8) is 0 Å². The van der Waals surface area contributed by atoms with Crippen molar-refractivity contribution in [2.45, 2.75) is 9.79 Å². The zero-order chi connectivity index (χ0) is 14.4. The van der Waals surface area contributed by atoms with Crippen molar-refractivity contribution >= 4 is 31.0 Å². The van der Waals surface area contributed by atoms with E-state index in [0.29, 0.717) is 0 Å². The largest absolute Gasteiger partial charge is 0.506 e. The molecule has 0 unspecified atom stereocenters. The van der Waals surface area contributed by atoms with E-state index in [-0.39, 0.29) is 10.8 Å². The molecule has 0 atom stereocenters. The first-order valence-corrected chi connectivity index (χ1v) is 7.62. The number of phenolic OH excluding ortho intramolecular Hbond substituents is 1. The Hall–Kier alpha value is -1.68. The maximum Gasteiger partial charge on any atom is 0.299 e. The molecule has 9 heteroatoms. The summed E-state index contributed by atoms with van der Waals surface area (Å²) in [6.45, 7) is 0. The van der Waals surface area contributed by atoms with E-state index < -0.39 is 35.8 Å². The highest BCUT2D eigenvalue weighted by Gasteiger charge is 2.30. The Kier molecular flexibility index (Phi) is 3.01. The monoisotopic (exact) mass is 303 g/mol. The van der Waals surface area contributed by atoms with Crippen LogP contribution >= 0.6 is 0 Å². The lowest BCUT2D eigenvalue weighted by Gasteiger charge is -2.10. The molecule has 1 radical (unpaired) electrons. The van der Waals surface area contributed by atoms with Crippen LogP contribution in [0, 0.1) is 6.07 Å². The Morgan fingerprint density at radius 2 is 1.42 bits per heavy atom. The molecule has 2 aromatic rings. The molecule has 0 fully saturated rings. The third kappa shape index (κ3) is 2.40. The fourth-order valence-electron chi connectivity index (χ4n) is 1.70. The molecule has 0 amide bonds. The summed E-state index contributed by atoms with van der Waals surface area (Å²) in [4.78, 5) is -2.38. The Labute approximate surface area is 108 Å². The predicted molar refractivity (Wildman–Crippen MR) is 64.1 cm³/mol. The van der Waals surface area contributed by atoms with Crippen molar-refractivity contribution in [2.24, 2.45) is 0 Å². The molecule has 0 saturated heterocycles. The molecule has 2 rings (SSSR count). The van der Waals surface area contributed by atoms with E-state index in [1.54, 1.807) is 0 Å². The number of hydrogen-bond donors (Lipinski definition) is 3. The second-order valence-electron chi connectivity index (χ2n) is 3.63. The van der Waals surface area contributed by atoms with E-state index in [2.05, 4.69) is 6.07 Å². The number of benzene rings is 2. The molecule has 2 aromatic carbocycles. The van der Waals surface area contributed by atoms with Gasteiger partial charge in [-0.1, -0.05) is 24.3 Å². The van der Waals surface area contributed by atoms with Gasteiger partial charge in [0, 0.05) is 11.5 Å². The smallest absolute Gasteiger partial charge is 0.299 e. The number of aromatic hydroxyl groups is 1. The second kappa shape index (κ2) is 4.17. The lowest BCUT2D eigenvalue weighted by Crippen LogP contribution is -2.09. The molecule has 101 valence electrons. The van der Waals surface area contributed by atoms with Gasteiger partial charge in [0.15, 0.2) is 4.90 Å². The summed E-state index contributed by atoms with van der Waals surface area (Å²) in [6, 6.07) is 7.69. The molecule has 0 saturated carbocycles. The molecule has 0 aliphatic rings. The predicted octanol–water partition coefficient (Wildman–Crippen LogP) is 0.839. The average Bonchev–Trinajstić information content (AvgIpc) is 2.24. The number of hydrogen-bond acceptors (Lipinski definition) is 5. The van der Waals surface area contributed by atoms with Crippen molar-refractivity contribution in [1.82, 2.24) is 0 Å². The zero-order valence-electron chi connectivity index (χ0n) is 9.10. The first-order valence-electron chi connectivity index (χ1n) is 4.74. The van der Waals surface area contributed by atoms with Crippen LogP contribution in [-0.4, -0.2) is 31.0 Å². The van der Waals surface area contributed by atoms with Crippen LogP contribution in [0.4, 0.5) is 0 Å². The standard InChI is InChI=1S/C10H7O7S2/c11-8-5-6-3-1-2-4-7(6)9(18(12,13)14)10(8)19(15,16)17/h1-4,11H,(H,12,13,14)(H,15,16,17). The average molecular weight is 303 g/mol. The van der Waals surface area contributed by atoms with Crippen LogP contribution in [0.3, 0.4) is 0 Å². The van der Waals surface area contributed by atoms with Crippen molar-refractivity contribution in [3.8, 4) is 5.75 Å². The lowest BCUT2D eigenvalue weighted by molar-refractivity contribution is 0.432. The summed E-state index contributed by atoms with van der Waals surface area (Å²) in [7, 11) is -10.0. The first-order chi connectivity index (χ1) is 8.62. The topological polar surface area (TPSA) is 129 Å². The summed E-state index contributed by atoms with van der Waals surface area (Å²) in [5.74, 6) is -1.09. The van der Waals surface area contributed by atoms with E-state index in [0.717, 1.165) is 0 Å². The third-order valence-electron chi connectivity index (χ3n) is 2.36. The molecule has 0 heterocycles. The van der Waals surface area contributed by atoms with Gasteiger partial charge in [-0.25, -0.2) is 0 Å². The van der Waals surface area contributed by atoms with E-state index in [9.17, 15) is 21.9 Å². The fraction of sp³-hybridized carbons (Fsp3) is 0. The van der Waals surface area contributed by atoms with Crippen LogP contribution in [-0.2, 0) is 20.2 Å². The van der Waals surface area contributed by atoms with Gasteiger partial charge < -0.3 is 5.11 Å². The molecule has 0 aliphatic heterocycles. The third-order valence-corrected chi connectivity index (χ3v) is 4.34. The Morgan fingerprint density at radius 1 is 0.895 bits per heavy atom. The van der Waals surface area contributed by atoms with Gasteiger partial charge in [-0.2, -0.15) is 16.8 Å². The highest BCUT2D eigenvalue weighted by atomic mass is 32.2. The number of phenols is 1. The Balaban J connectivity index is 3.18. The molecule has 0 aliphatic carbocycles. The van der Waals surface area contributed by atoms with Gasteiger partial charge in [-0.15, -0.1) is 0 Å². The first kappa shape index (κ1) is 13.7. The molecular weight excluding hydrogens is 296 g/mol. The van der Waals surface area contributed by atoms with E-state index in [4.69, 9.17) is 9.11 Å². The molecule has 7 nitrogen and oxygen atoms in total. The van der Waals surface area contributed by atoms with Crippen LogP contribution in [0.25, 0.3) is 10.8 Å². The van der Waals surface area contributed by atoms with Crippen LogP contribution < -0.4 is 0 Å². The second-order valence-corrected chi connectivity index (χ2v) is 6.34. The zero-order valence-corrected chi connectivity index (χ0v) is 10.7. The summed E-state index contributed by atoms with van der Waals surface area (Å²) in [5, 5.41) is 9.40. The van der Waals surface area contributed by atoms with Gasteiger partial charge in [0.25, 0.3) is 20.2 Å². The quantitative estimate of drug-likeness (QED) is 0.701. The molecular formula is C10H7O7S2. The van der Waals surface area contributed by atoms with Gasteiger partial charge in [0.2, 0.25) is 0 Å². The highest BCUT2D eigenvalue weighted by molar-refractivity contribution is 7.89. The minimum atomic E-state index is -5.06. The maximum atomic E-state index is 11.3. The fourth-order valence-corrected chi connectivity index (χ4v) is 3.76. The van der Waals surface area contributed by atoms with Gasteiger partial charge in [-0.05, 0) is 5.39 Å². The van der Waals surface area contributed by atoms with Crippen molar-refractivity contribution in [2.75, 3.05) is 0 Å². The molecule has 0 spiro atoms. The lowest BCUT2D eigenvalue weighted by atomic mass is 10.1. The van der Waals surface area contributed by atoms with Gasteiger partial charge in [0.1, 0.15) is 10.6 Å². The SMILES string of the molecule is O=S(=O)(O)c1c(O)[c]c2ccccc2c1S(=O)(=O)O. The van der Waals surface area contributed by atoms with Crippen LogP contribution in [0.15, 0.2) is 34.1 Å². The molecule has 0 aromatic heterocycles. The van der Waals surface area contributed by atoms with Crippen molar-refractivity contribution < 1.29 is 31.0 Å². The molecule has 3 N–H and O–H groups in total. The summed E-state index contributed by atoms with van der Waals surface area (Å²) in [5.41, 5.74) is 0. The summed E-state index contributed by atoms with van der Waals surface area (Å²) >= 11 is 0. The summed E-state index contributed by atoms with van der Waals surface area (Å²) < 4.78 is 63.1. The normalized spacial score (nSPS) is 12.7. The molecule has 19 heavy (non-hydrogen) atoms. The van der Waals surface area contributed by atoms with Crippen LogP contribution in [0.5, 0.6) is 5.75 Å². The Morgan fingerprint density at radius 3 is 1.95 bits per heavy atom. The van der Waals surface area contributed by atoms with Gasteiger partial charge >= 0.3 is 0 Å². The number of fused-ring (bicyclic) bond motifs is 1. The van der Waals surface area contributed by atoms with Crippen molar-refractivity contribution in [1.29, 1.82) is 0 Å². The highest BCUT2D eigenvalue weighted by Crippen LogP contribution is 2.35. The van der Waals surface area contributed by atoms with E-state index in [1.807, 2.05) is 0 Å². The van der Waals surface area contributed by atoms with E-state index in [1.165, 1.54) is 24.3 Å². The van der Waals surface area contributed by atoms with Crippen LogP contribution in [0.2, 0.25) is 0 Å². The maximum absolute atomic E-state index is 11.3. The van der Waals surface area contributed by atoms with Gasteiger partial charge in [-0.3, -0.25) is 9.11 Å². The van der Waals surface area contributed by atoms with Gasteiger partial charge in [0.05, 0.1) is 0 Å². The minimum Gasteiger partial charge on any atom is -0.506 e. The van der Waals surface area contributed by atoms with Crippen molar-refractivity contribution in [3.05, 3.63) is 30.3 Å². The minimum absolute atomic E-state index is 0.0695. The van der Waals surface area contributed by atoms with E-state index >= 15 is 0 Å².